The molecule has 0 unspecified atom stereocenters. The Morgan fingerprint density at radius 1 is 1.23 bits per heavy atom. The fourth-order valence-electron chi connectivity index (χ4n) is 2.84. The average molecular weight is 349 g/mol. The van der Waals surface area contributed by atoms with Gasteiger partial charge in [0.25, 0.3) is 0 Å². The van der Waals surface area contributed by atoms with Gasteiger partial charge < -0.3 is 10.3 Å². The van der Waals surface area contributed by atoms with Gasteiger partial charge in [-0.15, -0.1) is 0 Å². The summed E-state index contributed by atoms with van der Waals surface area (Å²) in [5.41, 5.74) is 4.25. The molecular weight excluding hydrogens is 333 g/mol. The summed E-state index contributed by atoms with van der Waals surface area (Å²) in [6.45, 7) is 1.78. The summed E-state index contributed by atoms with van der Waals surface area (Å²) in [7, 11) is 0. The van der Waals surface area contributed by atoms with Gasteiger partial charge in [0.1, 0.15) is 11.5 Å². The quantitative estimate of drug-likeness (QED) is 0.518. The average Bonchev–Trinajstić information content (AvgIpc) is 3.27. The number of carbonyl (C=O) groups excluding carboxylic acids is 1. The molecule has 4 rings (SSSR count). The molecule has 0 aliphatic carbocycles. The molecule has 2 aromatic heterocycles. The second kappa shape index (κ2) is 6.44. The van der Waals surface area contributed by atoms with Gasteiger partial charge in [-0.1, -0.05) is 31.2 Å². The van der Waals surface area contributed by atoms with Gasteiger partial charge in [-0.25, -0.2) is 9.37 Å². The number of halogens is 1. The van der Waals surface area contributed by atoms with E-state index in [2.05, 4.69) is 25.5 Å². The molecule has 0 saturated heterocycles. The third kappa shape index (κ3) is 2.83. The van der Waals surface area contributed by atoms with Crippen molar-refractivity contribution in [2.45, 2.75) is 13.3 Å². The van der Waals surface area contributed by atoms with Crippen molar-refractivity contribution < 1.29 is 9.18 Å². The van der Waals surface area contributed by atoms with E-state index < -0.39 is 0 Å². The van der Waals surface area contributed by atoms with E-state index in [1.807, 2.05) is 24.3 Å². The van der Waals surface area contributed by atoms with Gasteiger partial charge in [0.05, 0.1) is 22.9 Å². The highest BCUT2D eigenvalue weighted by Crippen LogP contribution is 2.31. The lowest BCUT2D eigenvalue weighted by Gasteiger charge is -2.02. The molecule has 0 atom stereocenters. The van der Waals surface area contributed by atoms with Crippen molar-refractivity contribution in [3.8, 4) is 22.6 Å². The van der Waals surface area contributed by atoms with Crippen LogP contribution in [0.2, 0.25) is 0 Å². The largest absolute Gasteiger partial charge is 0.337 e. The lowest BCUT2D eigenvalue weighted by molar-refractivity contribution is -0.115. The number of para-hydroxylation sites is 1. The number of carbonyl (C=O) groups is 1. The zero-order valence-corrected chi connectivity index (χ0v) is 14.0. The molecule has 2 heterocycles. The molecule has 4 aromatic rings. The van der Waals surface area contributed by atoms with Crippen LogP contribution in [0.1, 0.15) is 13.3 Å². The van der Waals surface area contributed by atoms with Crippen LogP contribution >= 0.6 is 0 Å². The molecule has 0 aliphatic heterocycles. The Kier molecular flexibility index (Phi) is 3.96. The lowest BCUT2D eigenvalue weighted by Crippen LogP contribution is -2.09. The third-order valence-electron chi connectivity index (χ3n) is 4.12. The molecule has 6 nitrogen and oxygen atoms in total. The molecule has 26 heavy (non-hydrogen) atoms. The SMILES string of the molecule is CCC(=O)Nc1cn[nH]c1-c1nc2c(-c3cccc(F)c3)cccc2[nH]1. The van der Waals surface area contributed by atoms with Gasteiger partial charge >= 0.3 is 0 Å². The first-order valence-electron chi connectivity index (χ1n) is 8.24. The minimum absolute atomic E-state index is 0.107. The van der Waals surface area contributed by atoms with Crippen LogP contribution in [0.3, 0.4) is 0 Å². The summed E-state index contributed by atoms with van der Waals surface area (Å²) in [5, 5.41) is 9.66. The molecule has 0 saturated carbocycles. The normalized spacial score (nSPS) is 11.0. The predicted molar refractivity (Wildman–Crippen MR) is 98.0 cm³/mol. The Bertz CT molecular complexity index is 1100. The number of benzene rings is 2. The number of anilines is 1. The molecule has 0 spiro atoms. The number of H-pyrrole nitrogens is 2. The summed E-state index contributed by atoms with van der Waals surface area (Å²) >= 11 is 0. The first kappa shape index (κ1) is 16.0. The van der Waals surface area contributed by atoms with E-state index in [0.717, 1.165) is 22.2 Å². The zero-order chi connectivity index (χ0) is 18.1. The molecule has 2 aromatic carbocycles. The van der Waals surface area contributed by atoms with E-state index >= 15 is 0 Å². The van der Waals surface area contributed by atoms with Gasteiger partial charge in [-0.2, -0.15) is 5.10 Å². The van der Waals surface area contributed by atoms with Gasteiger partial charge in [0, 0.05) is 12.0 Å². The molecule has 130 valence electrons. The number of hydrogen-bond donors (Lipinski definition) is 3. The molecular formula is C19H16FN5O. The number of amides is 1. The summed E-state index contributed by atoms with van der Waals surface area (Å²) < 4.78 is 13.6. The fraction of sp³-hybridized carbons (Fsp3) is 0.105. The van der Waals surface area contributed by atoms with E-state index in [4.69, 9.17) is 0 Å². The number of aromatic amines is 2. The smallest absolute Gasteiger partial charge is 0.224 e. The highest BCUT2D eigenvalue weighted by molar-refractivity contribution is 5.96. The lowest BCUT2D eigenvalue weighted by atomic mass is 10.0. The predicted octanol–water partition coefficient (Wildman–Crippen LogP) is 4.11. The second-order valence-electron chi connectivity index (χ2n) is 5.86. The summed E-state index contributed by atoms with van der Waals surface area (Å²) in [6.07, 6.45) is 1.91. The van der Waals surface area contributed by atoms with Crippen LogP contribution in [0, 0.1) is 5.82 Å². The van der Waals surface area contributed by atoms with Crippen LogP contribution in [0.5, 0.6) is 0 Å². The van der Waals surface area contributed by atoms with Crippen LogP contribution in [-0.2, 0) is 4.79 Å². The van der Waals surface area contributed by atoms with Crippen molar-refractivity contribution in [2.75, 3.05) is 5.32 Å². The van der Waals surface area contributed by atoms with Crippen molar-refractivity contribution in [3.05, 3.63) is 54.5 Å². The van der Waals surface area contributed by atoms with Crippen molar-refractivity contribution in [1.82, 2.24) is 20.2 Å². The van der Waals surface area contributed by atoms with Crippen LogP contribution < -0.4 is 5.32 Å². The number of fused-ring (bicyclic) bond motifs is 1. The molecule has 0 aliphatic rings. The fourth-order valence-corrected chi connectivity index (χ4v) is 2.84. The Morgan fingerprint density at radius 3 is 2.88 bits per heavy atom. The van der Waals surface area contributed by atoms with Crippen molar-refractivity contribution >= 4 is 22.6 Å². The zero-order valence-electron chi connectivity index (χ0n) is 14.0. The Hall–Kier alpha value is -3.48. The molecule has 0 radical (unpaired) electrons. The van der Waals surface area contributed by atoms with Crippen LogP contribution in [-0.4, -0.2) is 26.1 Å². The Labute approximate surface area is 148 Å². The molecule has 3 N–H and O–H groups in total. The van der Waals surface area contributed by atoms with E-state index in [-0.39, 0.29) is 11.7 Å². The van der Waals surface area contributed by atoms with Gasteiger partial charge in [-0.3, -0.25) is 9.89 Å². The minimum Gasteiger partial charge on any atom is -0.337 e. The monoisotopic (exact) mass is 349 g/mol. The van der Waals surface area contributed by atoms with Gasteiger partial charge in [0.15, 0.2) is 5.82 Å². The van der Waals surface area contributed by atoms with Crippen LogP contribution in [0.25, 0.3) is 33.7 Å². The van der Waals surface area contributed by atoms with Gasteiger partial charge in [-0.05, 0) is 23.8 Å². The van der Waals surface area contributed by atoms with Crippen molar-refractivity contribution in [2.24, 2.45) is 0 Å². The maximum atomic E-state index is 13.6. The first-order valence-corrected chi connectivity index (χ1v) is 8.24. The van der Waals surface area contributed by atoms with E-state index in [1.165, 1.54) is 12.1 Å². The third-order valence-corrected chi connectivity index (χ3v) is 4.12. The van der Waals surface area contributed by atoms with Crippen molar-refractivity contribution in [3.63, 3.8) is 0 Å². The summed E-state index contributed by atoms with van der Waals surface area (Å²) in [4.78, 5) is 19.6. The number of hydrogen-bond acceptors (Lipinski definition) is 3. The Balaban J connectivity index is 1.82. The molecule has 0 bridgehead atoms. The number of aromatic nitrogens is 4. The van der Waals surface area contributed by atoms with Crippen LogP contribution in [0.4, 0.5) is 10.1 Å². The summed E-state index contributed by atoms with van der Waals surface area (Å²) in [6, 6.07) is 12.1. The first-order chi connectivity index (χ1) is 12.7. The number of nitrogens with one attached hydrogen (secondary N) is 3. The molecule has 0 fully saturated rings. The standard InChI is InChI=1S/C19H16FN5O/c1-2-16(26)22-15-10-21-25-18(15)19-23-14-8-4-7-13(17(14)24-19)11-5-3-6-12(20)9-11/h3-10H,2H2,1H3,(H,21,25)(H,22,26)(H,23,24). The highest BCUT2D eigenvalue weighted by Gasteiger charge is 2.16. The minimum atomic E-state index is -0.298. The van der Waals surface area contributed by atoms with E-state index in [0.29, 0.717) is 23.6 Å². The van der Waals surface area contributed by atoms with E-state index in [1.54, 1.807) is 19.2 Å². The van der Waals surface area contributed by atoms with Crippen LogP contribution in [0.15, 0.2) is 48.7 Å². The maximum absolute atomic E-state index is 13.6. The topological polar surface area (TPSA) is 86.5 Å². The number of rotatable bonds is 4. The molecule has 7 heteroatoms. The summed E-state index contributed by atoms with van der Waals surface area (Å²) in [5.74, 6) is 0.144. The number of imidazole rings is 1. The molecule has 1 amide bonds. The van der Waals surface area contributed by atoms with Gasteiger partial charge in [0.2, 0.25) is 5.91 Å². The maximum Gasteiger partial charge on any atom is 0.224 e. The number of nitrogens with zero attached hydrogens (tertiary/aromatic N) is 2. The second-order valence-corrected chi connectivity index (χ2v) is 5.86. The van der Waals surface area contributed by atoms with Crippen molar-refractivity contribution in [1.29, 1.82) is 0 Å². The van der Waals surface area contributed by atoms with E-state index in [9.17, 15) is 9.18 Å². The Morgan fingerprint density at radius 2 is 2.08 bits per heavy atom. The highest BCUT2D eigenvalue weighted by atomic mass is 19.1.